The van der Waals surface area contributed by atoms with E-state index in [9.17, 15) is 18.0 Å². The highest BCUT2D eigenvalue weighted by atomic mass is 32.2. The maximum Gasteiger partial charge on any atom is 0.264 e. The second kappa shape index (κ2) is 15.7. The maximum absolute atomic E-state index is 14.1. The molecule has 42 heavy (non-hydrogen) atoms. The van der Waals surface area contributed by atoms with E-state index in [1.165, 1.54) is 28.8 Å². The molecule has 0 fully saturated rings. The molecule has 0 radical (unpaired) electrons. The Labute approximate surface area is 254 Å². The zero-order chi connectivity index (χ0) is 30.7. The van der Waals surface area contributed by atoms with Crippen molar-refractivity contribution in [1.29, 1.82) is 0 Å². The lowest BCUT2D eigenvalue weighted by atomic mass is 10.1. The molecular formula is C32H41N3O5S2. The number of carbonyl (C=O) groups is 2. The van der Waals surface area contributed by atoms with Gasteiger partial charge < -0.3 is 15.0 Å². The number of carbonyl (C=O) groups excluding carboxylic acids is 2. The SMILES string of the molecule is CCCCNC(=O)[C@@H](C)N(Cc1ccc(C)cc1)C(=O)CN(c1ccccc1OCC)S(=O)(=O)c1ccc(SC)cc1. The molecular weight excluding hydrogens is 571 g/mol. The minimum Gasteiger partial charge on any atom is -0.492 e. The summed E-state index contributed by atoms with van der Waals surface area (Å²) in [5.41, 5.74) is 2.15. The van der Waals surface area contributed by atoms with E-state index in [0.717, 1.165) is 33.2 Å². The van der Waals surface area contributed by atoms with Gasteiger partial charge in [-0.05, 0) is 75.4 Å². The molecule has 10 heteroatoms. The highest BCUT2D eigenvalue weighted by Crippen LogP contribution is 2.33. The van der Waals surface area contributed by atoms with Crippen molar-refractivity contribution in [3.8, 4) is 5.75 Å². The van der Waals surface area contributed by atoms with Crippen LogP contribution < -0.4 is 14.4 Å². The minimum atomic E-state index is -4.19. The number of sulfonamides is 1. The molecule has 2 amide bonds. The molecule has 0 aliphatic carbocycles. The summed E-state index contributed by atoms with van der Waals surface area (Å²) < 4.78 is 35.1. The van der Waals surface area contributed by atoms with Crippen LogP contribution in [0.3, 0.4) is 0 Å². The molecule has 0 saturated carbocycles. The van der Waals surface area contributed by atoms with E-state index in [-0.39, 0.29) is 23.0 Å². The Balaban J connectivity index is 2.05. The number of hydrogen-bond acceptors (Lipinski definition) is 6. The first-order chi connectivity index (χ1) is 20.1. The van der Waals surface area contributed by atoms with Gasteiger partial charge in [0, 0.05) is 18.0 Å². The van der Waals surface area contributed by atoms with E-state index in [1.54, 1.807) is 43.3 Å². The molecule has 3 rings (SSSR count). The second-order valence-corrected chi connectivity index (χ2v) is 12.7. The lowest BCUT2D eigenvalue weighted by Gasteiger charge is -2.32. The third-order valence-electron chi connectivity index (χ3n) is 6.83. The number of nitrogens with zero attached hydrogens (tertiary/aromatic N) is 2. The van der Waals surface area contributed by atoms with E-state index in [0.29, 0.717) is 18.9 Å². The number of hydrogen-bond donors (Lipinski definition) is 1. The van der Waals surface area contributed by atoms with Crippen LogP contribution in [-0.4, -0.2) is 57.1 Å². The predicted molar refractivity (Wildman–Crippen MR) is 169 cm³/mol. The molecule has 8 nitrogen and oxygen atoms in total. The van der Waals surface area contributed by atoms with Gasteiger partial charge in [0.1, 0.15) is 18.3 Å². The van der Waals surface area contributed by atoms with E-state index < -0.39 is 28.5 Å². The summed E-state index contributed by atoms with van der Waals surface area (Å²) >= 11 is 1.50. The van der Waals surface area contributed by atoms with Crippen molar-refractivity contribution in [3.63, 3.8) is 0 Å². The van der Waals surface area contributed by atoms with E-state index in [1.807, 2.05) is 51.3 Å². The van der Waals surface area contributed by atoms with Crippen LogP contribution in [0, 0.1) is 6.92 Å². The summed E-state index contributed by atoms with van der Waals surface area (Å²) in [7, 11) is -4.19. The Morgan fingerprint density at radius 2 is 1.64 bits per heavy atom. The Bertz CT molecular complexity index is 1430. The summed E-state index contributed by atoms with van der Waals surface area (Å²) in [5.74, 6) is -0.461. The van der Waals surface area contributed by atoms with Crippen LogP contribution in [0.25, 0.3) is 0 Å². The third-order valence-corrected chi connectivity index (χ3v) is 9.35. The normalized spacial score (nSPS) is 11.9. The fourth-order valence-corrected chi connectivity index (χ4v) is 6.17. The average Bonchev–Trinajstić information content (AvgIpc) is 2.99. The number of unbranched alkanes of at least 4 members (excludes halogenated alkanes) is 1. The molecule has 0 aliphatic heterocycles. The van der Waals surface area contributed by atoms with Crippen LogP contribution in [0.2, 0.25) is 0 Å². The smallest absolute Gasteiger partial charge is 0.264 e. The van der Waals surface area contributed by atoms with Crippen molar-refractivity contribution in [1.82, 2.24) is 10.2 Å². The molecule has 0 aromatic heterocycles. The number of ether oxygens (including phenoxy) is 1. The van der Waals surface area contributed by atoms with Crippen molar-refractivity contribution < 1.29 is 22.7 Å². The molecule has 0 heterocycles. The highest BCUT2D eigenvalue weighted by Gasteiger charge is 2.33. The van der Waals surface area contributed by atoms with Gasteiger partial charge in [0.05, 0.1) is 17.2 Å². The second-order valence-electron chi connectivity index (χ2n) is 9.92. The molecule has 0 unspecified atom stereocenters. The van der Waals surface area contributed by atoms with E-state index >= 15 is 0 Å². The van der Waals surface area contributed by atoms with E-state index in [2.05, 4.69) is 5.32 Å². The maximum atomic E-state index is 14.1. The molecule has 1 N–H and O–H groups in total. The number of nitrogens with one attached hydrogen (secondary N) is 1. The van der Waals surface area contributed by atoms with Crippen LogP contribution in [-0.2, 0) is 26.2 Å². The predicted octanol–water partition coefficient (Wildman–Crippen LogP) is 5.64. The monoisotopic (exact) mass is 611 g/mol. The zero-order valence-electron chi connectivity index (χ0n) is 25.0. The Hall–Kier alpha value is -3.50. The Morgan fingerprint density at radius 3 is 2.26 bits per heavy atom. The van der Waals surface area contributed by atoms with Crippen LogP contribution >= 0.6 is 11.8 Å². The molecule has 0 aliphatic rings. The number of rotatable bonds is 15. The van der Waals surface area contributed by atoms with Gasteiger partial charge in [-0.2, -0.15) is 0 Å². The summed E-state index contributed by atoms with van der Waals surface area (Å²) in [6, 6.07) is 20.2. The first kappa shape index (κ1) is 33.0. The van der Waals surface area contributed by atoms with Crippen LogP contribution in [0.15, 0.2) is 82.6 Å². The van der Waals surface area contributed by atoms with Gasteiger partial charge in [-0.3, -0.25) is 13.9 Å². The fourth-order valence-electron chi connectivity index (χ4n) is 4.34. The van der Waals surface area contributed by atoms with Gasteiger partial charge in [0.15, 0.2) is 0 Å². The zero-order valence-corrected chi connectivity index (χ0v) is 26.6. The molecule has 3 aromatic rings. The number of aryl methyl sites for hydroxylation is 1. The topological polar surface area (TPSA) is 96.0 Å². The lowest BCUT2D eigenvalue weighted by molar-refractivity contribution is -0.139. The number of amides is 2. The van der Waals surface area contributed by atoms with Crippen molar-refractivity contribution >= 4 is 39.3 Å². The molecule has 1 atom stereocenters. The van der Waals surface area contributed by atoms with Gasteiger partial charge in [-0.15, -0.1) is 11.8 Å². The number of anilines is 1. The number of para-hydroxylation sites is 2. The van der Waals surface area contributed by atoms with Gasteiger partial charge in [0.25, 0.3) is 10.0 Å². The van der Waals surface area contributed by atoms with Crippen LogP contribution in [0.1, 0.15) is 44.7 Å². The van der Waals surface area contributed by atoms with Crippen LogP contribution in [0.4, 0.5) is 5.69 Å². The van der Waals surface area contributed by atoms with Crippen molar-refractivity contribution in [2.75, 3.05) is 30.3 Å². The van der Waals surface area contributed by atoms with Gasteiger partial charge in [-0.25, -0.2) is 8.42 Å². The molecule has 3 aromatic carbocycles. The minimum absolute atomic E-state index is 0.0508. The average molecular weight is 612 g/mol. The van der Waals surface area contributed by atoms with Crippen molar-refractivity contribution in [3.05, 3.63) is 83.9 Å². The van der Waals surface area contributed by atoms with Crippen molar-refractivity contribution in [2.24, 2.45) is 0 Å². The standard InChI is InChI=1S/C32H41N3O5S2/c1-6-8-21-33-32(37)25(4)34(22-26-15-13-24(3)14-16-26)31(36)23-35(29-11-9-10-12-30(29)40-7-2)42(38,39)28-19-17-27(41-5)18-20-28/h9-20,25H,6-8,21-23H2,1-5H3,(H,33,37)/t25-/m1/s1. The largest absolute Gasteiger partial charge is 0.492 e. The summed E-state index contributed by atoms with van der Waals surface area (Å²) in [4.78, 5) is 29.6. The highest BCUT2D eigenvalue weighted by molar-refractivity contribution is 7.98. The van der Waals surface area contributed by atoms with Gasteiger partial charge in [0.2, 0.25) is 11.8 Å². The first-order valence-electron chi connectivity index (χ1n) is 14.1. The molecule has 0 spiro atoms. The fraction of sp³-hybridized carbons (Fsp3) is 0.375. The third kappa shape index (κ3) is 8.51. The summed E-state index contributed by atoms with van der Waals surface area (Å²) in [6.07, 6.45) is 3.65. The Kier molecular flexibility index (Phi) is 12.3. The molecule has 226 valence electrons. The van der Waals surface area contributed by atoms with Crippen molar-refractivity contribution in [2.45, 2.75) is 62.9 Å². The van der Waals surface area contributed by atoms with Gasteiger partial charge >= 0.3 is 0 Å². The first-order valence-corrected chi connectivity index (χ1v) is 16.8. The molecule has 0 bridgehead atoms. The van der Waals surface area contributed by atoms with Gasteiger partial charge in [-0.1, -0.05) is 55.3 Å². The van der Waals surface area contributed by atoms with Crippen LogP contribution in [0.5, 0.6) is 5.75 Å². The van der Waals surface area contributed by atoms with E-state index in [4.69, 9.17) is 4.74 Å². The lowest BCUT2D eigenvalue weighted by Crippen LogP contribution is -2.51. The summed E-state index contributed by atoms with van der Waals surface area (Å²) in [5, 5.41) is 2.90. The summed E-state index contributed by atoms with van der Waals surface area (Å²) in [6.45, 7) is 7.93. The molecule has 0 saturated heterocycles. The number of thioether (sulfide) groups is 1. The number of benzene rings is 3. The quantitative estimate of drug-likeness (QED) is 0.176. The Morgan fingerprint density at radius 1 is 0.976 bits per heavy atom.